The average Bonchev–Trinajstić information content (AvgIpc) is 2.48. The number of likely N-dealkylation sites (tertiary alicyclic amines) is 1. The van der Waals surface area contributed by atoms with E-state index in [0.29, 0.717) is 6.54 Å². The van der Waals surface area contributed by atoms with Crippen molar-refractivity contribution in [1.29, 1.82) is 0 Å². The highest BCUT2D eigenvalue weighted by molar-refractivity contribution is 5.26. The Morgan fingerprint density at radius 2 is 1.74 bits per heavy atom. The van der Waals surface area contributed by atoms with Crippen LogP contribution in [0.15, 0.2) is 24.3 Å². The van der Waals surface area contributed by atoms with Crippen molar-refractivity contribution in [2.75, 3.05) is 13.1 Å². The summed E-state index contributed by atoms with van der Waals surface area (Å²) >= 11 is 0. The third-order valence-electron chi connectivity index (χ3n) is 5.11. The van der Waals surface area contributed by atoms with Crippen LogP contribution < -0.4 is 5.73 Å². The molecule has 0 radical (unpaired) electrons. The molecule has 1 saturated carbocycles. The molecule has 2 N–H and O–H groups in total. The monoisotopic (exact) mass is 258 g/mol. The largest absolute Gasteiger partial charge is 0.326 e. The van der Waals surface area contributed by atoms with Crippen molar-refractivity contribution < 1.29 is 0 Å². The van der Waals surface area contributed by atoms with Gasteiger partial charge in [-0.05, 0) is 42.3 Å². The van der Waals surface area contributed by atoms with Crippen LogP contribution in [0.3, 0.4) is 0 Å². The zero-order valence-electron chi connectivity index (χ0n) is 11.9. The molecule has 2 nitrogen and oxygen atoms in total. The summed E-state index contributed by atoms with van der Waals surface area (Å²) in [6, 6.07) is 8.65. The van der Waals surface area contributed by atoms with Crippen LogP contribution in [0.4, 0.5) is 0 Å². The van der Waals surface area contributed by atoms with Crippen LogP contribution in [0.5, 0.6) is 0 Å². The van der Waals surface area contributed by atoms with E-state index in [-0.39, 0.29) is 0 Å². The molecule has 19 heavy (non-hydrogen) atoms. The molecule has 2 unspecified atom stereocenters. The van der Waals surface area contributed by atoms with Crippen molar-refractivity contribution in [1.82, 2.24) is 4.90 Å². The molecule has 0 aromatic heterocycles. The molecular weight excluding hydrogens is 232 g/mol. The highest BCUT2D eigenvalue weighted by Crippen LogP contribution is 2.36. The summed E-state index contributed by atoms with van der Waals surface area (Å²) in [4.78, 5) is 2.65. The summed E-state index contributed by atoms with van der Waals surface area (Å²) in [5, 5.41) is 0. The Morgan fingerprint density at radius 3 is 2.53 bits per heavy atom. The lowest BCUT2D eigenvalue weighted by Gasteiger charge is -2.41. The molecular formula is C17H26N2. The first-order chi connectivity index (χ1) is 9.36. The Kier molecular flexibility index (Phi) is 4.19. The average molecular weight is 258 g/mol. The zero-order chi connectivity index (χ0) is 13.1. The van der Waals surface area contributed by atoms with Crippen LogP contribution >= 0.6 is 0 Å². The van der Waals surface area contributed by atoms with Crippen molar-refractivity contribution in [2.45, 2.75) is 45.2 Å². The van der Waals surface area contributed by atoms with E-state index in [2.05, 4.69) is 29.2 Å². The fraction of sp³-hybridized carbons (Fsp3) is 0.647. The second kappa shape index (κ2) is 6.06. The summed E-state index contributed by atoms with van der Waals surface area (Å²) in [5.41, 5.74) is 8.59. The van der Waals surface area contributed by atoms with E-state index in [1.165, 1.54) is 56.3 Å². The number of hydrogen-bond donors (Lipinski definition) is 1. The summed E-state index contributed by atoms with van der Waals surface area (Å²) < 4.78 is 0. The summed E-state index contributed by atoms with van der Waals surface area (Å²) in [6.45, 7) is 4.34. The van der Waals surface area contributed by atoms with E-state index in [1.807, 2.05) is 0 Å². The molecule has 1 aliphatic heterocycles. The molecule has 2 heteroatoms. The van der Waals surface area contributed by atoms with Crippen molar-refractivity contribution >= 4 is 0 Å². The molecule has 1 aliphatic carbocycles. The van der Waals surface area contributed by atoms with Gasteiger partial charge in [0.1, 0.15) is 0 Å². The summed E-state index contributed by atoms with van der Waals surface area (Å²) in [6.07, 6.45) is 7.28. The van der Waals surface area contributed by atoms with Crippen molar-refractivity contribution in [3.8, 4) is 0 Å². The van der Waals surface area contributed by atoms with E-state index >= 15 is 0 Å². The van der Waals surface area contributed by atoms with Gasteiger partial charge in [-0.3, -0.25) is 4.90 Å². The van der Waals surface area contributed by atoms with Gasteiger partial charge in [0.2, 0.25) is 0 Å². The topological polar surface area (TPSA) is 29.3 Å². The number of nitrogens with two attached hydrogens (primary N) is 1. The smallest absolute Gasteiger partial charge is 0.0237 e. The fourth-order valence-corrected chi connectivity index (χ4v) is 3.97. The van der Waals surface area contributed by atoms with E-state index in [9.17, 15) is 0 Å². The minimum atomic E-state index is 0.663. The number of rotatable bonds is 3. The van der Waals surface area contributed by atoms with Gasteiger partial charge in [-0.1, -0.05) is 43.5 Å². The Balaban J connectivity index is 1.64. The maximum atomic E-state index is 5.84. The van der Waals surface area contributed by atoms with E-state index < -0.39 is 0 Å². The second-order valence-electron chi connectivity index (χ2n) is 6.30. The Bertz CT molecular complexity index is 415. The number of benzene rings is 1. The van der Waals surface area contributed by atoms with Crippen LogP contribution in [0, 0.1) is 11.8 Å². The highest BCUT2D eigenvalue weighted by Gasteiger charge is 2.30. The predicted molar refractivity (Wildman–Crippen MR) is 79.7 cm³/mol. The molecule has 2 aliphatic rings. The molecule has 2 atom stereocenters. The third kappa shape index (κ3) is 3.01. The first-order valence-electron chi connectivity index (χ1n) is 7.86. The Hall–Kier alpha value is -0.860. The number of piperidine rings is 1. The van der Waals surface area contributed by atoms with Crippen molar-refractivity contribution in [3.05, 3.63) is 35.4 Å². The van der Waals surface area contributed by atoms with Crippen LogP contribution in [0.2, 0.25) is 0 Å². The van der Waals surface area contributed by atoms with Crippen LogP contribution in [0.1, 0.15) is 43.2 Å². The minimum Gasteiger partial charge on any atom is -0.326 e. The Labute approximate surface area is 117 Å². The van der Waals surface area contributed by atoms with Gasteiger partial charge in [0.05, 0.1) is 0 Å². The van der Waals surface area contributed by atoms with Gasteiger partial charge in [0.25, 0.3) is 0 Å². The maximum Gasteiger partial charge on any atom is 0.0237 e. The number of fused-ring (bicyclic) bond motifs is 1. The van der Waals surface area contributed by atoms with Crippen LogP contribution in [-0.2, 0) is 13.1 Å². The summed E-state index contributed by atoms with van der Waals surface area (Å²) in [5.74, 6) is 1.99. The quantitative estimate of drug-likeness (QED) is 0.902. The first kappa shape index (κ1) is 13.1. The van der Waals surface area contributed by atoms with Gasteiger partial charge in [-0.25, -0.2) is 0 Å². The van der Waals surface area contributed by atoms with Crippen LogP contribution in [0.25, 0.3) is 0 Å². The van der Waals surface area contributed by atoms with Gasteiger partial charge in [-0.15, -0.1) is 0 Å². The van der Waals surface area contributed by atoms with Gasteiger partial charge in [-0.2, -0.15) is 0 Å². The SMILES string of the molecule is NCc1ccccc1CN1CCC2CCCCC2C1. The van der Waals surface area contributed by atoms with Gasteiger partial charge >= 0.3 is 0 Å². The molecule has 1 aromatic rings. The third-order valence-corrected chi connectivity index (χ3v) is 5.11. The predicted octanol–water partition coefficient (Wildman–Crippen LogP) is 3.16. The minimum absolute atomic E-state index is 0.663. The zero-order valence-corrected chi connectivity index (χ0v) is 11.9. The lowest BCUT2D eigenvalue weighted by Crippen LogP contribution is -2.41. The van der Waals surface area contributed by atoms with Gasteiger partial charge < -0.3 is 5.73 Å². The van der Waals surface area contributed by atoms with Crippen molar-refractivity contribution in [3.63, 3.8) is 0 Å². The highest BCUT2D eigenvalue weighted by atomic mass is 15.1. The van der Waals surface area contributed by atoms with Crippen LogP contribution in [-0.4, -0.2) is 18.0 Å². The fourth-order valence-electron chi connectivity index (χ4n) is 3.97. The lowest BCUT2D eigenvalue weighted by molar-refractivity contribution is 0.0819. The molecule has 2 fully saturated rings. The molecule has 1 heterocycles. The molecule has 0 amide bonds. The molecule has 1 saturated heterocycles. The second-order valence-corrected chi connectivity index (χ2v) is 6.30. The summed E-state index contributed by atoms with van der Waals surface area (Å²) in [7, 11) is 0. The Morgan fingerprint density at radius 1 is 1.00 bits per heavy atom. The van der Waals surface area contributed by atoms with Gasteiger partial charge in [0, 0.05) is 19.6 Å². The molecule has 3 rings (SSSR count). The molecule has 104 valence electrons. The van der Waals surface area contributed by atoms with E-state index in [1.54, 1.807) is 0 Å². The molecule has 1 aromatic carbocycles. The van der Waals surface area contributed by atoms with Crippen molar-refractivity contribution in [2.24, 2.45) is 17.6 Å². The standard InChI is InChI=1S/C17H26N2/c18-11-15-6-2-4-8-17(15)13-19-10-9-14-5-1-3-7-16(14)12-19/h2,4,6,8,14,16H,1,3,5,7,9-13,18H2. The first-order valence-corrected chi connectivity index (χ1v) is 7.86. The molecule has 0 bridgehead atoms. The maximum absolute atomic E-state index is 5.84. The van der Waals surface area contributed by atoms with E-state index in [4.69, 9.17) is 5.73 Å². The number of hydrogen-bond acceptors (Lipinski definition) is 2. The lowest BCUT2D eigenvalue weighted by atomic mass is 9.75. The van der Waals surface area contributed by atoms with E-state index in [0.717, 1.165) is 18.4 Å². The number of nitrogens with zero attached hydrogens (tertiary/aromatic N) is 1. The normalized spacial score (nSPS) is 28.1. The molecule has 0 spiro atoms. The van der Waals surface area contributed by atoms with Gasteiger partial charge in [0.15, 0.2) is 0 Å².